The van der Waals surface area contributed by atoms with Gasteiger partial charge in [0.05, 0.1) is 31.6 Å². The van der Waals surface area contributed by atoms with Crippen LogP contribution < -0.4 is 9.64 Å². The molecule has 1 aliphatic heterocycles. The van der Waals surface area contributed by atoms with E-state index in [-0.39, 0.29) is 5.92 Å². The fourth-order valence-corrected chi connectivity index (χ4v) is 2.38. The van der Waals surface area contributed by atoms with Gasteiger partial charge in [-0.1, -0.05) is 18.9 Å². The SMILES string of the molecule is COc1cc(-c2nnc(N3CCOCC3)o2)cnc1C(C)C. The zero-order chi connectivity index (χ0) is 15.5. The zero-order valence-electron chi connectivity index (χ0n) is 13.1. The van der Waals surface area contributed by atoms with Crippen LogP contribution in [0.2, 0.25) is 0 Å². The molecule has 1 fully saturated rings. The molecule has 7 nitrogen and oxygen atoms in total. The summed E-state index contributed by atoms with van der Waals surface area (Å²) in [7, 11) is 1.64. The summed E-state index contributed by atoms with van der Waals surface area (Å²) in [6, 6.07) is 2.41. The lowest BCUT2D eigenvalue weighted by atomic mass is 10.1. The van der Waals surface area contributed by atoms with E-state index in [9.17, 15) is 0 Å². The van der Waals surface area contributed by atoms with Gasteiger partial charge in [0.1, 0.15) is 5.75 Å². The number of nitrogens with zero attached hydrogens (tertiary/aromatic N) is 4. The third-order valence-corrected chi connectivity index (χ3v) is 3.59. The molecule has 3 heterocycles. The highest BCUT2D eigenvalue weighted by atomic mass is 16.5. The van der Waals surface area contributed by atoms with Crippen molar-refractivity contribution >= 4 is 6.01 Å². The Balaban J connectivity index is 1.86. The highest BCUT2D eigenvalue weighted by molar-refractivity contribution is 5.56. The topological polar surface area (TPSA) is 73.5 Å². The maximum atomic E-state index is 5.76. The van der Waals surface area contributed by atoms with Crippen LogP contribution >= 0.6 is 0 Å². The van der Waals surface area contributed by atoms with Gasteiger partial charge in [0, 0.05) is 19.3 Å². The highest BCUT2D eigenvalue weighted by Crippen LogP contribution is 2.29. The molecule has 0 atom stereocenters. The predicted octanol–water partition coefficient (Wildman–Crippen LogP) is 2.10. The lowest BCUT2D eigenvalue weighted by Gasteiger charge is -2.24. The predicted molar refractivity (Wildman–Crippen MR) is 81.2 cm³/mol. The summed E-state index contributed by atoms with van der Waals surface area (Å²) in [5, 5.41) is 8.23. The fraction of sp³-hybridized carbons (Fsp3) is 0.533. The van der Waals surface area contributed by atoms with Crippen LogP contribution in [0.3, 0.4) is 0 Å². The number of aromatic nitrogens is 3. The number of morpholine rings is 1. The minimum atomic E-state index is 0.288. The molecule has 0 radical (unpaired) electrons. The number of ether oxygens (including phenoxy) is 2. The Morgan fingerprint density at radius 1 is 1.23 bits per heavy atom. The van der Waals surface area contributed by atoms with Crippen molar-refractivity contribution in [1.29, 1.82) is 0 Å². The molecule has 1 saturated heterocycles. The van der Waals surface area contributed by atoms with Gasteiger partial charge in [0.15, 0.2) is 0 Å². The molecule has 22 heavy (non-hydrogen) atoms. The first kappa shape index (κ1) is 14.8. The molecule has 7 heteroatoms. The number of methoxy groups -OCH3 is 1. The molecule has 118 valence electrons. The molecule has 2 aromatic heterocycles. The van der Waals surface area contributed by atoms with Gasteiger partial charge >= 0.3 is 6.01 Å². The summed E-state index contributed by atoms with van der Waals surface area (Å²) in [5.74, 6) is 1.47. The van der Waals surface area contributed by atoms with Gasteiger partial charge in [-0.15, -0.1) is 5.10 Å². The van der Waals surface area contributed by atoms with E-state index >= 15 is 0 Å². The normalized spacial score (nSPS) is 15.4. The van der Waals surface area contributed by atoms with E-state index in [2.05, 4.69) is 29.0 Å². The quantitative estimate of drug-likeness (QED) is 0.856. The van der Waals surface area contributed by atoms with Crippen LogP contribution in [0.1, 0.15) is 25.5 Å². The summed E-state index contributed by atoms with van der Waals surface area (Å²) in [6.07, 6.45) is 1.74. The van der Waals surface area contributed by atoms with Crippen LogP contribution in [0, 0.1) is 0 Å². The molecule has 0 unspecified atom stereocenters. The number of anilines is 1. The Kier molecular flexibility index (Phi) is 4.24. The van der Waals surface area contributed by atoms with Gasteiger partial charge in [0.25, 0.3) is 5.89 Å². The van der Waals surface area contributed by atoms with Crippen molar-refractivity contribution in [1.82, 2.24) is 15.2 Å². The molecular formula is C15H20N4O3. The lowest BCUT2D eigenvalue weighted by Crippen LogP contribution is -2.36. The van der Waals surface area contributed by atoms with Crippen LogP contribution in [0.15, 0.2) is 16.7 Å². The van der Waals surface area contributed by atoms with Crippen LogP contribution in [0.5, 0.6) is 5.75 Å². The molecule has 0 amide bonds. The van der Waals surface area contributed by atoms with Gasteiger partial charge < -0.3 is 18.8 Å². The highest BCUT2D eigenvalue weighted by Gasteiger charge is 2.19. The molecule has 3 rings (SSSR count). The van der Waals surface area contributed by atoms with Gasteiger partial charge in [-0.3, -0.25) is 4.98 Å². The monoisotopic (exact) mass is 304 g/mol. The van der Waals surface area contributed by atoms with Crippen molar-refractivity contribution in [3.8, 4) is 17.2 Å². The Bertz CT molecular complexity index is 635. The molecule has 0 saturated carbocycles. The zero-order valence-corrected chi connectivity index (χ0v) is 13.1. The summed E-state index contributed by atoms with van der Waals surface area (Å²) >= 11 is 0. The van der Waals surface area contributed by atoms with Crippen LogP contribution in [-0.2, 0) is 4.74 Å². The Labute approximate surface area is 129 Å². The molecule has 0 N–H and O–H groups in total. The second kappa shape index (κ2) is 6.31. The number of rotatable bonds is 4. The van der Waals surface area contributed by atoms with E-state index in [1.165, 1.54) is 0 Å². The van der Waals surface area contributed by atoms with Gasteiger partial charge in [0.2, 0.25) is 0 Å². The summed E-state index contributed by atoms with van der Waals surface area (Å²) < 4.78 is 16.5. The summed E-state index contributed by atoms with van der Waals surface area (Å²) in [5.41, 5.74) is 1.67. The van der Waals surface area contributed by atoms with Gasteiger partial charge in [-0.05, 0) is 12.0 Å². The second-order valence-corrected chi connectivity index (χ2v) is 5.46. The molecule has 0 bridgehead atoms. The minimum absolute atomic E-state index is 0.288. The summed E-state index contributed by atoms with van der Waals surface area (Å²) in [4.78, 5) is 6.48. The Morgan fingerprint density at radius 2 is 2.00 bits per heavy atom. The van der Waals surface area contributed by atoms with Crippen LogP contribution in [0.4, 0.5) is 6.01 Å². The van der Waals surface area contributed by atoms with Crippen molar-refractivity contribution in [2.24, 2.45) is 0 Å². The van der Waals surface area contributed by atoms with E-state index in [0.717, 1.165) is 30.1 Å². The third-order valence-electron chi connectivity index (χ3n) is 3.59. The maximum Gasteiger partial charge on any atom is 0.318 e. The minimum Gasteiger partial charge on any atom is -0.495 e. The number of pyridine rings is 1. The lowest BCUT2D eigenvalue weighted by molar-refractivity contribution is 0.120. The largest absolute Gasteiger partial charge is 0.495 e. The van der Waals surface area contributed by atoms with Crippen molar-refractivity contribution < 1.29 is 13.9 Å². The van der Waals surface area contributed by atoms with Crippen molar-refractivity contribution in [3.05, 3.63) is 18.0 Å². The molecule has 0 spiro atoms. The Hall–Kier alpha value is -2.15. The number of hydrogen-bond donors (Lipinski definition) is 0. The third kappa shape index (κ3) is 2.89. The smallest absolute Gasteiger partial charge is 0.318 e. The maximum absolute atomic E-state index is 5.76. The van der Waals surface area contributed by atoms with E-state index in [1.54, 1.807) is 13.3 Å². The van der Waals surface area contributed by atoms with Crippen molar-refractivity contribution in [2.45, 2.75) is 19.8 Å². The fourth-order valence-electron chi connectivity index (χ4n) is 2.38. The number of hydrogen-bond acceptors (Lipinski definition) is 7. The molecule has 1 aliphatic rings. The molecule has 2 aromatic rings. The van der Waals surface area contributed by atoms with E-state index in [0.29, 0.717) is 25.1 Å². The van der Waals surface area contributed by atoms with Gasteiger partial charge in [-0.2, -0.15) is 0 Å². The van der Waals surface area contributed by atoms with Crippen LogP contribution in [0.25, 0.3) is 11.5 Å². The van der Waals surface area contributed by atoms with Gasteiger partial charge in [-0.25, -0.2) is 0 Å². The van der Waals surface area contributed by atoms with Crippen LogP contribution in [-0.4, -0.2) is 48.6 Å². The first-order valence-corrected chi connectivity index (χ1v) is 7.39. The van der Waals surface area contributed by atoms with Crippen molar-refractivity contribution in [3.63, 3.8) is 0 Å². The average Bonchev–Trinajstić information content (AvgIpc) is 3.05. The van der Waals surface area contributed by atoms with E-state index < -0.39 is 0 Å². The Morgan fingerprint density at radius 3 is 2.68 bits per heavy atom. The standard InChI is InChI=1S/C15H20N4O3/c1-10(2)13-12(20-3)8-11(9-16-13)14-17-18-15(22-14)19-4-6-21-7-5-19/h8-10H,4-7H2,1-3H3. The molecule has 0 aromatic carbocycles. The van der Waals surface area contributed by atoms with E-state index in [4.69, 9.17) is 13.9 Å². The second-order valence-electron chi connectivity index (χ2n) is 5.46. The summed E-state index contributed by atoms with van der Waals surface area (Å²) in [6.45, 7) is 7.03. The van der Waals surface area contributed by atoms with E-state index in [1.807, 2.05) is 11.0 Å². The first-order chi connectivity index (χ1) is 10.7. The average molecular weight is 304 g/mol. The molecular weight excluding hydrogens is 284 g/mol. The molecule has 0 aliphatic carbocycles. The van der Waals surface area contributed by atoms with Crippen molar-refractivity contribution in [2.75, 3.05) is 38.3 Å². The first-order valence-electron chi connectivity index (χ1n) is 7.39.